The lowest BCUT2D eigenvalue weighted by atomic mass is 10.0. The maximum absolute atomic E-state index is 5.73. The van der Waals surface area contributed by atoms with Gasteiger partial charge in [0.1, 0.15) is 0 Å². The summed E-state index contributed by atoms with van der Waals surface area (Å²) in [5.41, 5.74) is 6.77. The van der Waals surface area contributed by atoms with Gasteiger partial charge >= 0.3 is 0 Å². The molecule has 16 heavy (non-hydrogen) atoms. The van der Waals surface area contributed by atoms with E-state index in [-0.39, 0.29) is 24.0 Å². The number of thioether (sulfide) groups is 1. The normalized spacial score (nSPS) is 17.7. The molecule has 0 aliphatic carbocycles. The van der Waals surface area contributed by atoms with E-state index in [1.165, 1.54) is 24.3 Å². The predicted octanol–water partition coefficient (Wildman–Crippen LogP) is 2.23. The van der Waals surface area contributed by atoms with Gasteiger partial charge in [0, 0.05) is 6.54 Å². The average molecular weight is 355 g/mol. The van der Waals surface area contributed by atoms with Crippen molar-refractivity contribution in [3.05, 3.63) is 12.2 Å². The minimum absolute atomic E-state index is 0. The zero-order chi connectivity index (χ0) is 11.1. The molecule has 0 aromatic carbocycles. The van der Waals surface area contributed by atoms with Crippen LogP contribution >= 0.6 is 35.7 Å². The topological polar surface area (TPSA) is 50.4 Å². The van der Waals surface area contributed by atoms with Crippen molar-refractivity contribution in [3.63, 3.8) is 0 Å². The first-order chi connectivity index (χ1) is 7.18. The lowest BCUT2D eigenvalue weighted by Gasteiger charge is -2.21. The van der Waals surface area contributed by atoms with Gasteiger partial charge in [0.25, 0.3) is 0 Å². The number of rotatable bonds is 4. The standard InChI is InChI=1S/C11H21N3S.HI/c1-9(2)7-13-11(12)14-8-10-3-5-15-6-4-10;/h10H,1,3-8H2,2H3,(H3,12,13,14);1H. The lowest BCUT2D eigenvalue weighted by molar-refractivity contribution is 0.481. The lowest BCUT2D eigenvalue weighted by Crippen LogP contribution is -2.36. The first-order valence-electron chi connectivity index (χ1n) is 5.44. The molecule has 0 radical (unpaired) electrons. The van der Waals surface area contributed by atoms with Crippen molar-refractivity contribution in [1.29, 1.82) is 0 Å². The Morgan fingerprint density at radius 1 is 1.50 bits per heavy atom. The van der Waals surface area contributed by atoms with E-state index < -0.39 is 0 Å². The fourth-order valence-electron chi connectivity index (χ4n) is 1.48. The number of hydrogen-bond acceptors (Lipinski definition) is 2. The monoisotopic (exact) mass is 355 g/mol. The summed E-state index contributed by atoms with van der Waals surface area (Å²) in [4.78, 5) is 4.19. The highest BCUT2D eigenvalue weighted by Crippen LogP contribution is 2.21. The Labute approximate surface area is 120 Å². The number of halogens is 1. The maximum Gasteiger partial charge on any atom is 0.188 e. The molecule has 0 aromatic heterocycles. The van der Waals surface area contributed by atoms with Gasteiger partial charge in [0.2, 0.25) is 0 Å². The van der Waals surface area contributed by atoms with Crippen LogP contribution in [0.25, 0.3) is 0 Å². The first kappa shape index (κ1) is 16.1. The Kier molecular flexibility index (Phi) is 9.21. The number of nitrogens with one attached hydrogen (secondary N) is 1. The van der Waals surface area contributed by atoms with E-state index in [9.17, 15) is 0 Å². The average Bonchev–Trinajstić information content (AvgIpc) is 2.25. The van der Waals surface area contributed by atoms with Crippen LogP contribution in [0.4, 0.5) is 0 Å². The predicted molar refractivity (Wildman–Crippen MR) is 84.8 cm³/mol. The molecule has 0 aromatic rings. The molecule has 0 atom stereocenters. The van der Waals surface area contributed by atoms with E-state index in [1.807, 2.05) is 18.7 Å². The second kappa shape index (κ2) is 9.15. The van der Waals surface area contributed by atoms with Crippen LogP contribution in [0, 0.1) is 5.92 Å². The molecule has 0 spiro atoms. The third-order valence-electron chi connectivity index (χ3n) is 2.43. The van der Waals surface area contributed by atoms with Crippen LogP contribution in [0.3, 0.4) is 0 Å². The van der Waals surface area contributed by atoms with Crippen molar-refractivity contribution in [2.45, 2.75) is 19.8 Å². The molecule has 0 unspecified atom stereocenters. The van der Waals surface area contributed by atoms with Gasteiger partial charge in [0.15, 0.2) is 5.96 Å². The largest absolute Gasteiger partial charge is 0.370 e. The summed E-state index contributed by atoms with van der Waals surface area (Å²) >= 11 is 2.05. The summed E-state index contributed by atoms with van der Waals surface area (Å²) in [5, 5.41) is 3.19. The second-order valence-electron chi connectivity index (χ2n) is 4.10. The van der Waals surface area contributed by atoms with E-state index in [1.54, 1.807) is 0 Å². The van der Waals surface area contributed by atoms with Gasteiger partial charge in [0.05, 0.1) is 6.54 Å². The van der Waals surface area contributed by atoms with Crippen LogP contribution in [-0.4, -0.2) is 30.6 Å². The van der Waals surface area contributed by atoms with E-state index >= 15 is 0 Å². The Morgan fingerprint density at radius 2 is 2.12 bits per heavy atom. The summed E-state index contributed by atoms with van der Waals surface area (Å²) in [6, 6.07) is 0. The summed E-state index contributed by atoms with van der Waals surface area (Å²) in [7, 11) is 0. The van der Waals surface area contributed by atoms with E-state index in [4.69, 9.17) is 5.73 Å². The van der Waals surface area contributed by atoms with Gasteiger partial charge in [-0.15, -0.1) is 24.0 Å². The molecule has 1 rings (SSSR count). The van der Waals surface area contributed by atoms with Crippen molar-refractivity contribution < 1.29 is 0 Å². The van der Waals surface area contributed by atoms with Crippen molar-refractivity contribution in [2.24, 2.45) is 16.6 Å². The number of guanidine groups is 1. The molecule has 0 bridgehead atoms. The molecule has 1 heterocycles. The number of aliphatic imine (C=N–C) groups is 1. The highest BCUT2D eigenvalue weighted by atomic mass is 127. The molecule has 1 aliphatic heterocycles. The van der Waals surface area contributed by atoms with Gasteiger partial charge in [-0.3, -0.25) is 0 Å². The van der Waals surface area contributed by atoms with E-state index in [2.05, 4.69) is 16.9 Å². The Hall–Kier alpha value is 0.0900. The van der Waals surface area contributed by atoms with Gasteiger partial charge in [-0.1, -0.05) is 12.2 Å². The molecule has 3 N–H and O–H groups in total. The molecule has 1 saturated heterocycles. The molecule has 0 saturated carbocycles. The van der Waals surface area contributed by atoms with Gasteiger partial charge in [-0.25, -0.2) is 4.99 Å². The molecule has 3 nitrogen and oxygen atoms in total. The third kappa shape index (κ3) is 7.38. The molecule has 94 valence electrons. The highest BCUT2D eigenvalue weighted by molar-refractivity contribution is 14.0. The van der Waals surface area contributed by atoms with Gasteiger partial charge < -0.3 is 11.1 Å². The summed E-state index contributed by atoms with van der Waals surface area (Å²) in [6.45, 7) is 7.33. The highest BCUT2D eigenvalue weighted by Gasteiger charge is 2.13. The minimum Gasteiger partial charge on any atom is -0.370 e. The van der Waals surface area contributed by atoms with Gasteiger partial charge in [-0.2, -0.15) is 11.8 Å². The van der Waals surface area contributed by atoms with Crippen LogP contribution in [0.5, 0.6) is 0 Å². The van der Waals surface area contributed by atoms with E-state index in [0.29, 0.717) is 12.5 Å². The summed E-state index contributed by atoms with van der Waals surface area (Å²) in [5.74, 6) is 3.89. The van der Waals surface area contributed by atoms with Crippen LogP contribution in [0.1, 0.15) is 19.8 Å². The van der Waals surface area contributed by atoms with Crippen LogP contribution in [-0.2, 0) is 0 Å². The molecule has 1 fully saturated rings. The Balaban J connectivity index is 0.00000225. The molecular weight excluding hydrogens is 333 g/mol. The Morgan fingerprint density at radius 3 is 2.69 bits per heavy atom. The fraction of sp³-hybridized carbons (Fsp3) is 0.727. The summed E-state index contributed by atoms with van der Waals surface area (Å²) < 4.78 is 0. The van der Waals surface area contributed by atoms with Crippen LogP contribution in [0.15, 0.2) is 17.1 Å². The minimum atomic E-state index is 0. The van der Waals surface area contributed by atoms with Crippen LogP contribution in [0.2, 0.25) is 0 Å². The molecular formula is C11H22IN3S. The number of nitrogens with zero attached hydrogens (tertiary/aromatic N) is 1. The van der Waals surface area contributed by atoms with Crippen LogP contribution < -0.4 is 11.1 Å². The first-order valence-corrected chi connectivity index (χ1v) is 6.60. The molecule has 5 heteroatoms. The van der Waals surface area contributed by atoms with E-state index in [0.717, 1.165) is 18.0 Å². The van der Waals surface area contributed by atoms with Crippen molar-refractivity contribution in [3.8, 4) is 0 Å². The smallest absolute Gasteiger partial charge is 0.188 e. The second-order valence-corrected chi connectivity index (χ2v) is 5.32. The van der Waals surface area contributed by atoms with Crippen molar-refractivity contribution in [2.75, 3.05) is 24.6 Å². The SMILES string of the molecule is C=C(C)CN=C(N)NCC1CCSCC1.I. The van der Waals surface area contributed by atoms with Gasteiger partial charge in [-0.05, 0) is 37.2 Å². The summed E-state index contributed by atoms with van der Waals surface area (Å²) in [6.07, 6.45) is 2.59. The molecule has 0 amide bonds. The zero-order valence-corrected chi connectivity index (χ0v) is 13.0. The zero-order valence-electron chi connectivity index (χ0n) is 9.87. The number of hydrogen-bond donors (Lipinski definition) is 2. The molecule has 1 aliphatic rings. The van der Waals surface area contributed by atoms with Crippen molar-refractivity contribution in [1.82, 2.24) is 5.32 Å². The third-order valence-corrected chi connectivity index (χ3v) is 3.48. The Bertz CT molecular complexity index is 237. The fourth-order valence-corrected chi connectivity index (χ4v) is 2.68. The number of nitrogens with two attached hydrogens (primary N) is 1. The van der Waals surface area contributed by atoms with Crippen molar-refractivity contribution >= 4 is 41.7 Å². The quantitative estimate of drug-likeness (QED) is 0.352. The maximum atomic E-state index is 5.73.